The van der Waals surface area contributed by atoms with Gasteiger partial charge in [0, 0.05) is 52.3 Å². The minimum atomic E-state index is 0.170. The summed E-state index contributed by atoms with van der Waals surface area (Å²) in [6.45, 7) is 10.6. The minimum Gasteiger partial charge on any atom is -0.373 e. The van der Waals surface area contributed by atoms with Gasteiger partial charge in [0.15, 0.2) is 5.96 Å². The Morgan fingerprint density at radius 3 is 2.72 bits per heavy atom. The molecule has 1 aromatic carbocycles. The Labute approximate surface area is 176 Å². The first-order valence-electron chi connectivity index (χ1n) is 11.2. The van der Waals surface area contributed by atoms with E-state index in [0.717, 1.165) is 51.7 Å². The molecule has 3 rings (SSSR count). The predicted molar refractivity (Wildman–Crippen MR) is 121 cm³/mol. The molecule has 29 heavy (non-hydrogen) atoms. The zero-order valence-electron chi connectivity index (χ0n) is 18.5. The topological polar surface area (TPSA) is 52.1 Å². The van der Waals surface area contributed by atoms with Gasteiger partial charge in [0.2, 0.25) is 0 Å². The highest BCUT2D eigenvalue weighted by Gasteiger charge is 2.27. The van der Waals surface area contributed by atoms with Crippen molar-refractivity contribution in [3.8, 4) is 0 Å². The molecule has 2 atom stereocenters. The molecule has 2 heterocycles. The average molecular weight is 402 g/mol. The molecule has 6 heteroatoms. The van der Waals surface area contributed by atoms with Gasteiger partial charge < -0.3 is 25.2 Å². The lowest BCUT2D eigenvalue weighted by molar-refractivity contribution is -0.0265. The highest BCUT2D eigenvalue weighted by molar-refractivity contribution is 5.79. The molecule has 0 amide bonds. The van der Waals surface area contributed by atoms with Gasteiger partial charge in [-0.25, -0.2) is 0 Å². The van der Waals surface area contributed by atoms with E-state index in [9.17, 15) is 0 Å². The van der Waals surface area contributed by atoms with Crippen LogP contribution in [0.15, 0.2) is 29.3 Å². The van der Waals surface area contributed by atoms with E-state index in [1.165, 1.54) is 37.1 Å². The van der Waals surface area contributed by atoms with E-state index in [2.05, 4.69) is 63.7 Å². The summed E-state index contributed by atoms with van der Waals surface area (Å²) in [6.07, 6.45) is 3.74. The van der Waals surface area contributed by atoms with E-state index in [4.69, 9.17) is 4.74 Å². The molecule has 0 radical (unpaired) electrons. The number of aryl methyl sites for hydroxylation is 1. The van der Waals surface area contributed by atoms with E-state index < -0.39 is 0 Å². The van der Waals surface area contributed by atoms with Crippen LogP contribution in [0, 0.1) is 12.8 Å². The monoisotopic (exact) mass is 401 g/mol. The van der Waals surface area contributed by atoms with Crippen molar-refractivity contribution in [3.63, 3.8) is 0 Å². The van der Waals surface area contributed by atoms with E-state index in [-0.39, 0.29) is 6.10 Å². The SMILES string of the molecule is CN=C(NCCN1CCCN(C)CC1)NCC1CCCOC1c1ccc(C)cc1. The second kappa shape index (κ2) is 11.5. The Morgan fingerprint density at radius 1 is 1.10 bits per heavy atom. The summed E-state index contributed by atoms with van der Waals surface area (Å²) in [4.78, 5) is 9.39. The van der Waals surface area contributed by atoms with Crippen molar-refractivity contribution in [2.24, 2.45) is 10.9 Å². The van der Waals surface area contributed by atoms with Gasteiger partial charge in [-0.05, 0) is 51.9 Å². The molecule has 1 aromatic rings. The van der Waals surface area contributed by atoms with Gasteiger partial charge in [0.25, 0.3) is 0 Å². The normalized spacial score (nSPS) is 24.9. The van der Waals surface area contributed by atoms with Crippen LogP contribution in [0.4, 0.5) is 0 Å². The summed E-state index contributed by atoms with van der Waals surface area (Å²) in [5.74, 6) is 1.36. The summed E-state index contributed by atoms with van der Waals surface area (Å²) in [5, 5.41) is 7.03. The van der Waals surface area contributed by atoms with Crippen LogP contribution in [0.5, 0.6) is 0 Å². The fraction of sp³-hybridized carbons (Fsp3) is 0.696. The largest absolute Gasteiger partial charge is 0.373 e. The van der Waals surface area contributed by atoms with Gasteiger partial charge in [-0.2, -0.15) is 0 Å². The van der Waals surface area contributed by atoms with Crippen LogP contribution >= 0.6 is 0 Å². The summed E-state index contributed by atoms with van der Waals surface area (Å²) < 4.78 is 6.15. The number of rotatable bonds is 6. The van der Waals surface area contributed by atoms with E-state index in [1.807, 2.05) is 7.05 Å². The molecular weight excluding hydrogens is 362 g/mol. The molecule has 2 aliphatic rings. The molecule has 2 aliphatic heterocycles. The lowest BCUT2D eigenvalue weighted by Crippen LogP contribution is -2.44. The van der Waals surface area contributed by atoms with Gasteiger partial charge >= 0.3 is 0 Å². The lowest BCUT2D eigenvalue weighted by atomic mass is 9.89. The molecule has 2 saturated heterocycles. The minimum absolute atomic E-state index is 0.170. The number of hydrogen-bond acceptors (Lipinski definition) is 4. The zero-order valence-corrected chi connectivity index (χ0v) is 18.5. The first kappa shape index (κ1) is 22.1. The molecule has 0 saturated carbocycles. The Hall–Kier alpha value is -1.63. The molecule has 2 fully saturated rings. The third-order valence-corrected chi connectivity index (χ3v) is 6.14. The van der Waals surface area contributed by atoms with Crippen LogP contribution in [-0.2, 0) is 4.74 Å². The Morgan fingerprint density at radius 2 is 1.93 bits per heavy atom. The third kappa shape index (κ3) is 6.98. The number of hydrogen-bond donors (Lipinski definition) is 2. The Balaban J connectivity index is 1.44. The number of nitrogens with zero attached hydrogens (tertiary/aromatic N) is 3. The van der Waals surface area contributed by atoms with Crippen molar-refractivity contribution in [2.75, 3.05) is 66.5 Å². The molecule has 162 valence electrons. The van der Waals surface area contributed by atoms with Crippen LogP contribution in [0.1, 0.15) is 36.5 Å². The predicted octanol–water partition coefficient (Wildman–Crippen LogP) is 2.27. The van der Waals surface area contributed by atoms with Crippen LogP contribution in [0.3, 0.4) is 0 Å². The molecule has 0 aromatic heterocycles. The fourth-order valence-electron chi connectivity index (χ4n) is 4.28. The van der Waals surface area contributed by atoms with Crippen molar-refractivity contribution in [2.45, 2.75) is 32.3 Å². The maximum atomic E-state index is 6.15. The van der Waals surface area contributed by atoms with Crippen LogP contribution in [-0.4, -0.2) is 82.3 Å². The van der Waals surface area contributed by atoms with Gasteiger partial charge in [-0.3, -0.25) is 4.99 Å². The number of aliphatic imine (C=N–C) groups is 1. The maximum Gasteiger partial charge on any atom is 0.191 e. The quantitative estimate of drug-likeness (QED) is 0.566. The van der Waals surface area contributed by atoms with E-state index in [0.29, 0.717) is 5.92 Å². The number of likely N-dealkylation sites (N-methyl/N-ethyl adjacent to an activating group) is 1. The number of nitrogens with one attached hydrogen (secondary N) is 2. The molecule has 0 aliphatic carbocycles. The summed E-state index contributed by atoms with van der Waals surface area (Å²) in [6, 6.07) is 8.78. The average Bonchev–Trinajstić information content (AvgIpc) is 2.95. The second-order valence-corrected chi connectivity index (χ2v) is 8.48. The Kier molecular flexibility index (Phi) is 8.77. The highest BCUT2D eigenvalue weighted by Crippen LogP contribution is 2.33. The lowest BCUT2D eigenvalue weighted by Gasteiger charge is -2.32. The summed E-state index contributed by atoms with van der Waals surface area (Å²) in [7, 11) is 4.07. The summed E-state index contributed by atoms with van der Waals surface area (Å²) >= 11 is 0. The van der Waals surface area contributed by atoms with Crippen LogP contribution in [0.2, 0.25) is 0 Å². The van der Waals surface area contributed by atoms with Gasteiger partial charge in [-0.15, -0.1) is 0 Å². The highest BCUT2D eigenvalue weighted by atomic mass is 16.5. The summed E-state index contributed by atoms with van der Waals surface area (Å²) in [5.41, 5.74) is 2.58. The van der Waals surface area contributed by atoms with Crippen molar-refractivity contribution in [1.29, 1.82) is 0 Å². The smallest absolute Gasteiger partial charge is 0.191 e. The second-order valence-electron chi connectivity index (χ2n) is 8.48. The van der Waals surface area contributed by atoms with Crippen molar-refractivity contribution >= 4 is 5.96 Å². The molecule has 0 bridgehead atoms. The van der Waals surface area contributed by atoms with E-state index in [1.54, 1.807) is 0 Å². The number of guanidine groups is 1. The van der Waals surface area contributed by atoms with Crippen molar-refractivity contribution in [3.05, 3.63) is 35.4 Å². The van der Waals surface area contributed by atoms with Crippen molar-refractivity contribution in [1.82, 2.24) is 20.4 Å². The van der Waals surface area contributed by atoms with Gasteiger partial charge in [0.1, 0.15) is 0 Å². The first-order valence-corrected chi connectivity index (χ1v) is 11.2. The number of benzene rings is 1. The van der Waals surface area contributed by atoms with Gasteiger partial charge in [-0.1, -0.05) is 29.8 Å². The molecule has 0 spiro atoms. The first-order chi connectivity index (χ1) is 14.2. The zero-order chi connectivity index (χ0) is 20.5. The van der Waals surface area contributed by atoms with Gasteiger partial charge in [0.05, 0.1) is 6.10 Å². The molecule has 2 N–H and O–H groups in total. The van der Waals surface area contributed by atoms with Crippen molar-refractivity contribution < 1.29 is 4.74 Å². The molecular formula is C23H39N5O. The van der Waals surface area contributed by atoms with Crippen LogP contribution in [0.25, 0.3) is 0 Å². The molecule has 2 unspecified atom stereocenters. The third-order valence-electron chi connectivity index (χ3n) is 6.14. The maximum absolute atomic E-state index is 6.15. The standard InChI is InChI=1S/C23H39N5O/c1-19-7-9-20(10-8-19)22-21(6-4-17-29-22)18-26-23(24-2)25-11-14-28-13-5-12-27(3)15-16-28/h7-10,21-22H,4-6,11-18H2,1-3H3,(H2,24,25,26). The fourth-order valence-corrected chi connectivity index (χ4v) is 4.28. The van der Waals surface area contributed by atoms with Crippen LogP contribution < -0.4 is 10.6 Å². The van der Waals surface area contributed by atoms with E-state index >= 15 is 0 Å². The molecule has 6 nitrogen and oxygen atoms in total. The Bertz CT molecular complexity index is 633. The number of ether oxygens (including phenoxy) is 1.